The van der Waals surface area contributed by atoms with Gasteiger partial charge in [-0.3, -0.25) is 0 Å². The van der Waals surface area contributed by atoms with E-state index < -0.39 is 0 Å². The third kappa shape index (κ3) is 3.42. The monoisotopic (exact) mass is 401 g/mol. The zero-order valence-electron chi connectivity index (χ0n) is 17.9. The van der Waals surface area contributed by atoms with Crippen molar-refractivity contribution in [3.8, 4) is 0 Å². The third-order valence-electron chi connectivity index (χ3n) is 7.08. The number of hydrogen-bond acceptors (Lipinski definition) is 3. The quantitative estimate of drug-likeness (QED) is 0.534. The summed E-state index contributed by atoms with van der Waals surface area (Å²) in [5.74, 6) is 0.934. The number of aldehydes is 1. The van der Waals surface area contributed by atoms with Crippen molar-refractivity contribution in [3.05, 3.63) is 59.4 Å². The Morgan fingerprint density at radius 1 is 1.07 bits per heavy atom. The van der Waals surface area contributed by atoms with Gasteiger partial charge in [0.1, 0.15) is 12.1 Å². The Kier molecular flexibility index (Phi) is 5.32. The van der Waals surface area contributed by atoms with Crippen molar-refractivity contribution >= 4 is 23.0 Å². The first kappa shape index (κ1) is 19.3. The molecule has 2 heterocycles. The molecule has 1 aliphatic carbocycles. The smallest absolute Gasteiger partial charge is 0.127 e. The lowest BCUT2D eigenvalue weighted by Gasteiger charge is -2.28. The molecule has 2 aliphatic rings. The van der Waals surface area contributed by atoms with Gasteiger partial charge in [0.2, 0.25) is 0 Å². The van der Waals surface area contributed by atoms with Gasteiger partial charge in [-0.05, 0) is 43.4 Å². The van der Waals surface area contributed by atoms with Crippen molar-refractivity contribution in [1.29, 1.82) is 0 Å². The van der Waals surface area contributed by atoms with E-state index in [1.165, 1.54) is 55.3 Å². The van der Waals surface area contributed by atoms with E-state index in [-0.39, 0.29) is 5.92 Å². The van der Waals surface area contributed by atoms with E-state index in [0.29, 0.717) is 12.5 Å². The van der Waals surface area contributed by atoms with Crippen molar-refractivity contribution in [2.24, 2.45) is 0 Å². The topological polar surface area (TPSA) is 38.1 Å². The van der Waals surface area contributed by atoms with Gasteiger partial charge in [-0.1, -0.05) is 49.6 Å². The molecule has 1 saturated carbocycles. The first-order valence-electron chi connectivity index (χ1n) is 11.5. The summed E-state index contributed by atoms with van der Waals surface area (Å²) in [6, 6.07) is 15.2. The van der Waals surface area contributed by atoms with Crippen LogP contribution in [0.3, 0.4) is 0 Å². The maximum Gasteiger partial charge on any atom is 0.127 e. The number of hydrogen-bond donors (Lipinski definition) is 0. The number of imidazole rings is 1. The minimum absolute atomic E-state index is 0.149. The van der Waals surface area contributed by atoms with E-state index in [1.807, 2.05) is 18.2 Å². The van der Waals surface area contributed by atoms with Crippen LogP contribution in [0.5, 0.6) is 0 Å². The summed E-state index contributed by atoms with van der Waals surface area (Å²) in [7, 11) is 2.18. The van der Waals surface area contributed by atoms with Crippen LogP contribution in [0.15, 0.2) is 42.5 Å². The first-order chi connectivity index (χ1) is 14.8. The molecule has 156 valence electrons. The number of aryl methyl sites for hydroxylation is 1. The summed E-state index contributed by atoms with van der Waals surface area (Å²) in [6.45, 7) is 1.11. The van der Waals surface area contributed by atoms with Crippen LogP contribution >= 0.6 is 0 Å². The molecule has 1 unspecified atom stereocenters. The fourth-order valence-electron chi connectivity index (χ4n) is 5.50. The summed E-state index contributed by atoms with van der Waals surface area (Å²) >= 11 is 0. The second-order valence-corrected chi connectivity index (χ2v) is 9.00. The van der Waals surface area contributed by atoms with Crippen LogP contribution in [0, 0.1) is 0 Å². The Hall–Kier alpha value is -2.62. The number of carbonyl (C=O) groups excluding carboxylic acids is 1. The van der Waals surface area contributed by atoms with Gasteiger partial charge in [-0.2, -0.15) is 0 Å². The van der Waals surface area contributed by atoms with Crippen LogP contribution in [0.2, 0.25) is 0 Å². The number of anilines is 1. The van der Waals surface area contributed by atoms with Crippen LogP contribution in [0.1, 0.15) is 67.4 Å². The molecule has 1 aromatic heterocycles. The van der Waals surface area contributed by atoms with Gasteiger partial charge in [-0.25, -0.2) is 4.98 Å². The maximum absolute atomic E-state index is 12.0. The number of fused-ring (bicyclic) bond motifs is 3. The zero-order chi connectivity index (χ0) is 20.5. The Morgan fingerprint density at radius 2 is 1.87 bits per heavy atom. The maximum atomic E-state index is 12.0. The molecule has 3 aromatic rings. The molecule has 4 nitrogen and oxygen atoms in total. The molecule has 4 heteroatoms. The van der Waals surface area contributed by atoms with Crippen LogP contribution in [0.4, 0.5) is 5.69 Å². The van der Waals surface area contributed by atoms with E-state index in [1.54, 1.807) is 0 Å². The molecule has 0 amide bonds. The molecule has 0 bridgehead atoms. The standard InChI is InChI=1S/C26H31N3O/c1-28-16-8-13-22-23(28)14-15-24-26(22)27-25(29(24)21-11-6-3-7-12-21)17-20(18-30)19-9-4-2-5-10-19/h2,4-5,9-10,14-15,18,20-21H,3,6-8,11-13,16-17H2,1H3. The lowest BCUT2D eigenvalue weighted by Crippen LogP contribution is -2.24. The molecule has 30 heavy (non-hydrogen) atoms. The molecule has 1 fully saturated rings. The highest BCUT2D eigenvalue weighted by atomic mass is 16.1. The van der Waals surface area contributed by atoms with Gasteiger partial charge in [0, 0.05) is 43.2 Å². The lowest BCUT2D eigenvalue weighted by molar-refractivity contribution is -0.109. The van der Waals surface area contributed by atoms with Crippen LogP contribution < -0.4 is 4.90 Å². The molecular formula is C26H31N3O. The van der Waals surface area contributed by atoms with Crippen molar-refractivity contribution < 1.29 is 4.79 Å². The lowest BCUT2D eigenvalue weighted by atomic mass is 9.93. The van der Waals surface area contributed by atoms with Gasteiger partial charge in [-0.15, -0.1) is 0 Å². The third-order valence-corrected chi connectivity index (χ3v) is 7.08. The Morgan fingerprint density at radius 3 is 2.63 bits per heavy atom. The average Bonchev–Trinajstić information content (AvgIpc) is 3.17. The average molecular weight is 402 g/mol. The van der Waals surface area contributed by atoms with Gasteiger partial charge in [0.25, 0.3) is 0 Å². The predicted octanol–water partition coefficient (Wildman–Crippen LogP) is 5.45. The molecule has 0 spiro atoms. The molecule has 5 rings (SSSR count). The van der Waals surface area contributed by atoms with Crippen LogP contribution in [0.25, 0.3) is 11.0 Å². The minimum Gasteiger partial charge on any atom is -0.374 e. The summed E-state index contributed by atoms with van der Waals surface area (Å²) in [6.07, 6.45) is 10.4. The van der Waals surface area contributed by atoms with Gasteiger partial charge in [0.15, 0.2) is 0 Å². The molecule has 2 aromatic carbocycles. The van der Waals surface area contributed by atoms with Crippen LogP contribution in [-0.2, 0) is 17.6 Å². The minimum atomic E-state index is -0.149. The van der Waals surface area contributed by atoms with Crippen molar-refractivity contribution in [3.63, 3.8) is 0 Å². The predicted molar refractivity (Wildman–Crippen MR) is 122 cm³/mol. The van der Waals surface area contributed by atoms with Gasteiger partial charge in [0.05, 0.1) is 11.0 Å². The Bertz CT molecular complexity index is 1030. The van der Waals surface area contributed by atoms with E-state index in [9.17, 15) is 4.79 Å². The summed E-state index contributed by atoms with van der Waals surface area (Å²) in [5, 5.41) is 0. The second-order valence-electron chi connectivity index (χ2n) is 9.00. The fourth-order valence-corrected chi connectivity index (χ4v) is 5.50. The SMILES string of the molecule is CN1CCCc2c1ccc1c2nc(CC(C=O)c2ccccc2)n1C1CCCCC1. The highest BCUT2D eigenvalue weighted by Gasteiger charge is 2.26. The largest absolute Gasteiger partial charge is 0.374 e. The first-order valence-corrected chi connectivity index (χ1v) is 11.5. The summed E-state index contributed by atoms with van der Waals surface area (Å²) in [5.41, 5.74) is 6.22. The van der Waals surface area contributed by atoms with E-state index in [0.717, 1.165) is 36.2 Å². The fraction of sp³-hybridized carbons (Fsp3) is 0.462. The van der Waals surface area contributed by atoms with Crippen molar-refractivity contribution in [2.75, 3.05) is 18.5 Å². The molecule has 1 atom stereocenters. The van der Waals surface area contributed by atoms with E-state index in [2.05, 4.69) is 40.8 Å². The summed E-state index contributed by atoms with van der Waals surface area (Å²) in [4.78, 5) is 19.6. The number of benzene rings is 2. The highest BCUT2D eigenvalue weighted by Crippen LogP contribution is 2.38. The number of aromatic nitrogens is 2. The second kappa shape index (κ2) is 8.25. The number of rotatable bonds is 5. The molecule has 1 aliphatic heterocycles. The molecular weight excluding hydrogens is 370 g/mol. The Labute approximate surface area is 178 Å². The molecule has 0 N–H and O–H groups in total. The van der Waals surface area contributed by atoms with Crippen LogP contribution in [-0.4, -0.2) is 29.4 Å². The van der Waals surface area contributed by atoms with E-state index >= 15 is 0 Å². The van der Waals surface area contributed by atoms with Gasteiger partial charge >= 0.3 is 0 Å². The summed E-state index contributed by atoms with van der Waals surface area (Å²) < 4.78 is 2.50. The number of carbonyl (C=O) groups is 1. The highest BCUT2D eigenvalue weighted by molar-refractivity contribution is 5.86. The zero-order valence-corrected chi connectivity index (χ0v) is 17.9. The molecule has 0 saturated heterocycles. The number of nitrogens with zero attached hydrogens (tertiary/aromatic N) is 3. The normalized spacial score (nSPS) is 18.4. The molecule has 0 radical (unpaired) electrons. The van der Waals surface area contributed by atoms with E-state index in [4.69, 9.17) is 4.98 Å². The Balaban J connectivity index is 1.63. The van der Waals surface area contributed by atoms with Gasteiger partial charge < -0.3 is 14.3 Å². The van der Waals surface area contributed by atoms with Crippen molar-refractivity contribution in [2.45, 2.75) is 63.3 Å². The van der Waals surface area contributed by atoms with Crippen molar-refractivity contribution in [1.82, 2.24) is 9.55 Å².